The molecule has 0 spiro atoms. The summed E-state index contributed by atoms with van der Waals surface area (Å²) >= 11 is 0. The SMILES string of the molecule is CCc1ccc(N2C=C(C#N)S(=O)(=O)c3ccc(F)cc32)cc1. The smallest absolute Gasteiger partial charge is 0.220 e. The number of halogens is 1. The van der Waals surface area contributed by atoms with E-state index in [2.05, 4.69) is 0 Å². The van der Waals surface area contributed by atoms with Crippen LogP contribution in [0.5, 0.6) is 0 Å². The molecule has 2 aromatic carbocycles. The van der Waals surface area contributed by atoms with Crippen LogP contribution >= 0.6 is 0 Å². The molecule has 23 heavy (non-hydrogen) atoms. The summed E-state index contributed by atoms with van der Waals surface area (Å²) in [7, 11) is -3.91. The molecule has 1 heterocycles. The van der Waals surface area contributed by atoms with Crippen molar-refractivity contribution in [1.82, 2.24) is 0 Å². The van der Waals surface area contributed by atoms with Crippen LogP contribution in [0.25, 0.3) is 0 Å². The minimum atomic E-state index is -3.91. The van der Waals surface area contributed by atoms with Gasteiger partial charge in [-0.15, -0.1) is 0 Å². The number of anilines is 2. The van der Waals surface area contributed by atoms with Crippen LogP contribution in [-0.2, 0) is 16.3 Å². The highest BCUT2D eigenvalue weighted by Gasteiger charge is 2.32. The number of hydrogen-bond donors (Lipinski definition) is 0. The van der Waals surface area contributed by atoms with Crippen molar-refractivity contribution in [2.45, 2.75) is 18.2 Å². The molecule has 0 bridgehead atoms. The molecule has 0 N–H and O–H groups in total. The van der Waals surface area contributed by atoms with Crippen LogP contribution in [0.2, 0.25) is 0 Å². The monoisotopic (exact) mass is 328 g/mol. The van der Waals surface area contributed by atoms with Gasteiger partial charge in [-0.25, -0.2) is 12.8 Å². The van der Waals surface area contributed by atoms with Gasteiger partial charge in [-0.3, -0.25) is 0 Å². The fraction of sp³-hybridized carbons (Fsp3) is 0.118. The average molecular weight is 328 g/mol. The summed E-state index contributed by atoms with van der Waals surface area (Å²) in [5.41, 5.74) is 1.99. The maximum Gasteiger partial charge on any atom is 0.220 e. The lowest BCUT2D eigenvalue weighted by atomic mass is 10.1. The summed E-state index contributed by atoms with van der Waals surface area (Å²) in [5, 5.41) is 9.16. The number of sulfone groups is 1. The Labute approximate surface area is 134 Å². The third-order valence-electron chi connectivity index (χ3n) is 3.74. The summed E-state index contributed by atoms with van der Waals surface area (Å²) in [4.78, 5) is 1.09. The molecule has 116 valence electrons. The zero-order chi connectivity index (χ0) is 16.6. The van der Waals surface area contributed by atoms with Crippen LogP contribution in [-0.4, -0.2) is 8.42 Å². The molecule has 3 rings (SSSR count). The van der Waals surface area contributed by atoms with Crippen molar-refractivity contribution < 1.29 is 12.8 Å². The summed E-state index contributed by atoms with van der Waals surface area (Å²) in [6, 6.07) is 12.6. The molecular formula is C17H13FN2O2S. The van der Waals surface area contributed by atoms with E-state index in [0.717, 1.165) is 24.1 Å². The molecule has 1 aliphatic heterocycles. The Kier molecular flexibility index (Phi) is 3.66. The molecule has 0 aliphatic carbocycles. The van der Waals surface area contributed by atoms with E-state index in [9.17, 15) is 12.8 Å². The largest absolute Gasteiger partial charge is 0.314 e. The summed E-state index contributed by atoms with van der Waals surface area (Å²) in [6.07, 6.45) is 2.11. The average Bonchev–Trinajstić information content (AvgIpc) is 2.55. The van der Waals surface area contributed by atoms with Crippen LogP contribution < -0.4 is 4.90 Å². The Hall–Kier alpha value is -2.65. The Balaban J connectivity index is 2.24. The first-order valence-corrected chi connectivity index (χ1v) is 8.50. The molecule has 6 heteroatoms. The lowest BCUT2D eigenvalue weighted by Crippen LogP contribution is -2.21. The van der Waals surface area contributed by atoms with E-state index < -0.39 is 15.7 Å². The number of benzene rings is 2. The number of allylic oxidation sites excluding steroid dienone is 1. The third kappa shape index (κ3) is 2.49. The van der Waals surface area contributed by atoms with E-state index in [1.54, 1.807) is 6.07 Å². The van der Waals surface area contributed by atoms with Crippen molar-refractivity contribution in [3.8, 4) is 6.07 Å². The molecule has 2 aromatic rings. The molecule has 1 aliphatic rings. The van der Waals surface area contributed by atoms with Gasteiger partial charge < -0.3 is 4.90 Å². The van der Waals surface area contributed by atoms with E-state index in [1.807, 2.05) is 31.2 Å². The lowest BCUT2D eigenvalue weighted by Gasteiger charge is -2.27. The van der Waals surface area contributed by atoms with Crippen molar-refractivity contribution >= 4 is 21.2 Å². The number of fused-ring (bicyclic) bond motifs is 1. The molecule has 0 unspecified atom stereocenters. The van der Waals surface area contributed by atoms with Gasteiger partial charge in [-0.05, 0) is 42.3 Å². The number of aryl methyl sites for hydroxylation is 1. The number of hydrogen-bond acceptors (Lipinski definition) is 4. The fourth-order valence-electron chi connectivity index (χ4n) is 2.48. The molecule has 0 radical (unpaired) electrons. The highest BCUT2D eigenvalue weighted by Crippen LogP contribution is 2.39. The van der Waals surface area contributed by atoms with Gasteiger partial charge in [0.1, 0.15) is 11.9 Å². The fourth-order valence-corrected chi connectivity index (χ4v) is 3.76. The second-order valence-corrected chi connectivity index (χ2v) is 7.00. The highest BCUT2D eigenvalue weighted by atomic mass is 32.2. The van der Waals surface area contributed by atoms with E-state index in [4.69, 9.17) is 5.26 Å². The first-order chi connectivity index (χ1) is 11.0. The first kappa shape index (κ1) is 15.3. The second-order valence-electron chi connectivity index (χ2n) is 5.11. The Morgan fingerprint density at radius 3 is 2.48 bits per heavy atom. The van der Waals surface area contributed by atoms with Crippen molar-refractivity contribution in [1.29, 1.82) is 5.26 Å². The van der Waals surface area contributed by atoms with E-state index in [-0.39, 0.29) is 15.5 Å². The van der Waals surface area contributed by atoms with Gasteiger partial charge in [0.2, 0.25) is 9.84 Å². The van der Waals surface area contributed by atoms with Crippen LogP contribution in [0.4, 0.5) is 15.8 Å². The van der Waals surface area contributed by atoms with Crippen LogP contribution in [0.1, 0.15) is 12.5 Å². The zero-order valence-corrected chi connectivity index (χ0v) is 13.1. The molecule has 0 aromatic heterocycles. The standard InChI is InChI=1S/C17H13FN2O2S/c1-2-12-3-6-14(7-4-12)20-11-15(10-19)23(21,22)17-8-5-13(18)9-16(17)20/h3-9,11H,2H2,1H3. The maximum atomic E-state index is 13.6. The van der Waals surface area contributed by atoms with Gasteiger partial charge in [0, 0.05) is 11.9 Å². The quantitative estimate of drug-likeness (QED) is 0.789. The van der Waals surface area contributed by atoms with Crippen LogP contribution in [0, 0.1) is 17.1 Å². The van der Waals surface area contributed by atoms with Gasteiger partial charge in [0.05, 0.1) is 10.6 Å². The molecule has 0 atom stereocenters. The third-order valence-corrected chi connectivity index (χ3v) is 5.44. The van der Waals surface area contributed by atoms with E-state index in [0.29, 0.717) is 5.69 Å². The van der Waals surface area contributed by atoms with Gasteiger partial charge in [-0.2, -0.15) is 5.26 Å². The minimum absolute atomic E-state index is 0.0717. The van der Waals surface area contributed by atoms with E-state index in [1.165, 1.54) is 17.2 Å². The topological polar surface area (TPSA) is 61.2 Å². The van der Waals surface area contributed by atoms with Gasteiger partial charge >= 0.3 is 0 Å². The Bertz CT molecular complexity index is 942. The molecule has 4 nitrogen and oxygen atoms in total. The molecule has 0 saturated carbocycles. The first-order valence-electron chi connectivity index (χ1n) is 7.02. The summed E-state index contributed by atoms with van der Waals surface area (Å²) in [6.45, 7) is 2.03. The molecule has 0 saturated heterocycles. The van der Waals surface area contributed by atoms with Crippen molar-refractivity contribution in [2.75, 3.05) is 4.90 Å². The molecule has 0 fully saturated rings. The maximum absolute atomic E-state index is 13.6. The summed E-state index contributed by atoms with van der Waals surface area (Å²) in [5.74, 6) is -0.539. The Morgan fingerprint density at radius 1 is 1.17 bits per heavy atom. The number of nitriles is 1. The lowest BCUT2D eigenvalue weighted by molar-refractivity contribution is 0.600. The van der Waals surface area contributed by atoms with E-state index >= 15 is 0 Å². The Morgan fingerprint density at radius 2 is 1.87 bits per heavy atom. The van der Waals surface area contributed by atoms with Gasteiger partial charge in [-0.1, -0.05) is 19.1 Å². The zero-order valence-electron chi connectivity index (χ0n) is 12.3. The summed E-state index contributed by atoms with van der Waals surface area (Å²) < 4.78 is 38.4. The minimum Gasteiger partial charge on any atom is -0.314 e. The molecular weight excluding hydrogens is 315 g/mol. The van der Waals surface area contributed by atoms with Crippen molar-refractivity contribution in [2.24, 2.45) is 0 Å². The second kappa shape index (κ2) is 5.52. The highest BCUT2D eigenvalue weighted by molar-refractivity contribution is 7.95. The van der Waals surface area contributed by atoms with Crippen molar-refractivity contribution in [3.05, 3.63) is 65.0 Å². The predicted octanol–water partition coefficient (Wildman–Crippen LogP) is 3.68. The van der Waals surface area contributed by atoms with Crippen molar-refractivity contribution in [3.63, 3.8) is 0 Å². The molecule has 0 amide bonds. The van der Waals surface area contributed by atoms with Crippen LogP contribution in [0.3, 0.4) is 0 Å². The van der Waals surface area contributed by atoms with Gasteiger partial charge in [0.25, 0.3) is 0 Å². The normalized spacial score (nSPS) is 15.5. The van der Waals surface area contributed by atoms with Crippen LogP contribution in [0.15, 0.2) is 58.5 Å². The number of nitrogens with zero attached hydrogens (tertiary/aromatic N) is 2. The predicted molar refractivity (Wildman–Crippen MR) is 85.2 cm³/mol. The van der Waals surface area contributed by atoms with Gasteiger partial charge in [0.15, 0.2) is 4.91 Å². The number of rotatable bonds is 2.